The van der Waals surface area contributed by atoms with Crippen LogP contribution in [0.15, 0.2) is 54.6 Å². The quantitative estimate of drug-likeness (QED) is 0.757. The Bertz CT molecular complexity index is 699. The van der Waals surface area contributed by atoms with Gasteiger partial charge in [-0.15, -0.1) is 0 Å². The predicted molar refractivity (Wildman–Crippen MR) is 86.5 cm³/mol. The lowest BCUT2D eigenvalue weighted by molar-refractivity contribution is 0.467. The molecule has 0 bridgehead atoms. The molecule has 2 aromatic carbocycles. The van der Waals surface area contributed by atoms with Gasteiger partial charge in [0.15, 0.2) is 0 Å². The van der Waals surface area contributed by atoms with E-state index in [0.717, 1.165) is 23.5 Å². The molecule has 0 aliphatic carbocycles. The number of benzene rings is 2. The molecule has 3 nitrogen and oxygen atoms in total. The molecule has 0 saturated carbocycles. The van der Waals surface area contributed by atoms with Gasteiger partial charge in [-0.3, -0.25) is 0 Å². The molecule has 4 rings (SSSR count). The van der Waals surface area contributed by atoms with Gasteiger partial charge in [-0.2, -0.15) is 0 Å². The summed E-state index contributed by atoms with van der Waals surface area (Å²) in [4.78, 5) is 10.7. The van der Waals surface area contributed by atoms with E-state index in [9.17, 15) is 0 Å². The average Bonchev–Trinajstić information content (AvgIpc) is 2.99. The van der Waals surface area contributed by atoms with E-state index in [-0.39, 0.29) is 0 Å². The SMILES string of the molecule is c1ccc(C2CCCCN2c2nc3ccccc3[nH]2)cc1. The lowest BCUT2D eigenvalue weighted by Gasteiger charge is -2.35. The van der Waals surface area contributed by atoms with Crippen molar-refractivity contribution in [3.8, 4) is 0 Å². The molecule has 1 N–H and O–H groups in total. The molecule has 1 saturated heterocycles. The number of nitrogens with zero attached hydrogens (tertiary/aromatic N) is 2. The zero-order valence-corrected chi connectivity index (χ0v) is 12.0. The number of H-pyrrole nitrogens is 1. The summed E-state index contributed by atoms with van der Waals surface area (Å²) in [6.45, 7) is 1.07. The number of para-hydroxylation sites is 2. The summed E-state index contributed by atoms with van der Waals surface area (Å²) in [6, 6.07) is 19.5. The lowest BCUT2D eigenvalue weighted by atomic mass is 9.96. The van der Waals surface area contributed by atoms with Gasteiger partial charge in [0.05, 0.1) is 17.1 Å². The van der Waals surface area contributed by atoms with Crippen molar-refractivity contribution in [2.45, 2.75) is 25.3 Å². The maximum absolute atomic E-state index is 4.78. The fraction of sp³-hybridized carbons (Fsp3) is 0.278. The van der Waals surface area contributed by atoms with E-state index < -0.39 is 0 Å². The molecule has 1 aliphatic rings. The molecule has 1 aromatic heterocycles. The van der Waals surface area contributed by atoms with Crippen molar-refractivity contribution in [3.63, 3.8) is 0 Å². The third-order valence-electron chi connectivity index (χ3n) is 4.34. The molecule has 21 heavy (non-hydrogen) atoms. The minimum absolute atomic E-state index is 0.431. The molecule has 0 radical (unpaired) electrons. The molecule has 0 amide bonds. The third kappa shape index (κ3) is 2.29. The van der Waals surface area contributed by atoms with Crippen LogP contribution in [0.4, 0.5) is 5.95 Å². The smallest absolute Gasteiger partial charge is 0.204 e. The number of hydrogen-bond donors (Lipinski definition) is 1. The second-order valence-electron chi connectivity index (χ2n) is 5.69. The Kier molecular flexibility index (Phi) is 3.11. The largest absolute Gasteiger partial charge is 0.335 e. The van der Waals surface area contributed by atoms with Crippen LogP contribution in [0.1, 0.15) is 30.9 Å². The topological polar surface area (TPSA) is 31.9 Å². The Labute approximate surface area is 124 Å². The maximum atomic E-state index is 4.78. The van der Waals surface area contributed by atoms with Crippen LogP contribution in [-0.4, -0.2) is 16.5 Å². The maximum Gasteiger partial charge on any atom is 0.204 e. The Balaban J connectivity index is 1.73. The van der Waals surface area contributed by atoms with Crippen LogP contribution in [0.25, 0.3) is 11.0 Å². The molecule has 2 heterocycles. The lowest BCUT2D eigenvalue weighted by Crippen LogP contribution is -2.34. The standard InChI is InChI=1S/C18H19N3/c1-2-8-14(9-3-1)17-12-6-7-13-21(17)18-19-15-10-4-5-11-16(15)20-18/h1-5,8-11,17H,6-7,12-13H2,(H,19,20). The van der Waals surface area contributed by atoms with Crippen molar-refractivity contribution in [1.82, 2.24) is 9.97 Å². The summed E-state index contributed by atoms with van der Waals surface area (Å²) in [7, 11) is 0. The second kappa shape index (κ2) is 5.24. The number of fused-ring (bicyclic) bond motifs is 1. The molecule has 1 unspecified atom stereocenters. The number of hydrogen-bond acceptors (Lipinski definition) is 2. The van der Waals surface area contributed by atoms with Crippen LogP contribution in [0.3, 0.4) is 0 Å². The highest BCUT2D eigenvalue weighted by atomic mass is 15.3. The van der Waals surface area contributed by atoms with E-state index in [1.165, 1.54) is 24.8 Å². The fourth-order valence-electron chi connectivity index (χ4n) is 3.28. The van der Waals surface area contributed by atoms with Crippen molar-refractivity contribution < 1.29 is 0 Å². The van der Waals surface area contributed by atoms with E-state index in [1.54, 1.807) is 0 Å². The first kappa shape index (κ1) is 12.5. The Morgan fingerprint density at radius 1 is 0.952 bits per heavy atom. The number of aromatic nitrogens is 2. The zero-order chi connectivity index (χ0) is 14.1. The van der Waals surface area contributed by atoms with Crippen LogP contribution in [0, 0.1) is 0 Å². The number of aromatic amines is 1. The number of rotatable bonds is 2. The van der Waals surface area contributed by atoms with Gasteiger partial charge in [0.2, 0.25) is 5.95 Å². The highest BCUT2D eigenvalue weighted by Gasteiger charge is 2.26. The van der Waals surface area contributed by atoms with E-state index in [0.29, 0.717) is 6.04 Å². The van der Waals surface area contributed by atoms with Gasteiger partial charge in [0.25, 0.3) is 0 Å². The van der Waals surface area contributed by atoms with Crippen molar-refractivity contribution >= 4 is 17.0 Å². The van der Waals surface area contributed by atoms with Gasteiger partial charge >= 0.3 is 0 Å². The highest BCUT2D eigenvalue weighted by Crippen LogP contribution is 2.34. The normalized spacial score (nSPS) is 19.0. The minimum Gasteiger partial charge on any atom is -0.335 e. The predicted octanol–water partition coefficient (Wildman–Crippen LogP) is 4.29. The molecule has 1 aliphatic heterocycles. The minimum atomic E-state index is 0.431. The van der Waals surface area contributed by atoms with Crippen LogP contribution in [-0.2, 0) is 0 Å². The van der Waals surface area contributed by atoms with Crippen LogP contribution in [0.2, 0.25) is 0 Å². The average molecular weight is 277 g/mol. The third-order valence-corrected chi connectivity index (χ3v) is 4.34. The molecule has 3 heteroatoms. The monoisotopic (exact) mass is 277 g/mol. The molecular formula is C18H19N3. The van der Waals surface area contributed by atoms with E-state index in [1.807, 2.05) is 6.07 Å². The first-order chi connectivity index (χ1) is 10.4. The van der Waals surface area contributed by atoms with Crippen molar-refractivity contribution in [3.05, 3.63) is 60.2 Å². The second-order valence-corrected chi connectivity index (χ2v) is 5.69. The van der Waals surface area contributed by atoms with Crippen LogP contribution in [0.5, 0.6) is 0 Å². The first-order valence-corrected chi connectivity index (χ1v) is 7.68. The summed E-state index contributed by atoms with van der Waals surface area (Å²) in [5.41, 5.74) is 3.55. The van der Waals surface area contributed by atoms with Gasteiger partial charge in [0.1, 0.15) is 0 Å². The highest BCUT2D eigenvalue weighted by molar-refractivity contribution is 5.77. The molecule has 1 fully saturated rings. The molecular weight excluding hydrogens is 258 g/mol. The van der Waals surface area contributed by atoms with Crippen molar-refractivity contribution in [2.75, 3.05) is 11.4 Å². The number of piperidine rings is 1. The number of anilines is 1. The molecule has 106 valence electrons. The van der Waals surface area contributed by atoms with E-state index >= 15 is 0 Å². The van der Waals surface area contributed by atoms with Gasteiger partial charge in [0, 0.05) is 6.54 Å². The number of nitrogens with one attached hydrogen (secondary N) is 1. The summed E-state index contributed by atoms with van der Waals surface area (Å²) >= 11 is 0. The first-order valence-electron chi connectivity index (χ1n) is 7.68. The van der Waals surface area contributed by atoms with Crippen LogP contribution < -0.4 is 4.90 Å². The fourth-order valence-corrected chi connectivity index (χ4v) is 3.28. The van der Waals surface area contributed by atoms with Gasteiger partial charge in [-0.05, 0) is 37.0 Å². The van der Waals surface area contributed by atoms with Gasteiger partial charge in [-0.1, -0.05) is 42.5 Å². The summed E-state index contributed by atoms with van der Waals surface area (Å²) in [6.07, 6.45) is 3.72. The van der Waals surface area contributed by atoms with Gasteiger partial charge < -0.3 is 9.88 Å². The Morgan fingerprint density at radius 3 is 2.62 bits per heavy atom. The van der Waals surface area contributed by atoms with Gasteiger partial charge in [-0.25, -0.2) is 4.98 Å². The molecule has 1 atom stereocenters. The van der Waals surface area contributed by atoms with E-state index in [2.05, 4.69) is 58.4 Å². The Hall–Kier alpha value is -2.29. The van der Waals surface area contributed by atoms with E-state index in [4.69, 9.17) is 4.98 Å². The zero-order valence-electron chi connectivity index (χ0n) is 12.0. The Morgan fingerprint density at radius 2 is 1.76 bits per heavy atom. The molecule has 3 aromatic rings. The number of imidazole rings is 1. The summed E-state index contributed by atoms with van der Waals surface area (Å²) in [5.74, 6) is 1.00. The molecule has 0 spiro atoms. The van der Waals surface area contributed by atoms with Crippen molar-refractivity contribution in [1.29, 1.82) is 0 Å². The summed E-state index contributed by atoms with van der Waals surface area (Å²) in [5, 5.41) is 0. The van der Waals surface area contributed by atoms with Crippen molar-refractivity contribution in [2.24, 2.45) is 0 Å². The summed E-state index contributed by atoms with van der Waals surface area (Å²) < 4.78 is 0. The van der Waals surface area contributed by atoms with Crippen LogP contribution >= 0.6 is 0 Å².